The predicted octanol–water partition coefficient (Wildman–Crippen LogP) is 4.22. The van der Waals surface area contributed by atoms with Crippen LogP contribution in [0.4, 0.5) is 0 Å². The molecule has 1 heterocycles. The lowest BCUT2D eigenvalue weighted by atomic mass is 10.1. The Hall–Kier alpha value is -3.22. The van der Waals surface area contributed by atoms with Gasteiger partial charge in [0, 0.05) is 26.1 Å². The SMILES string of the molecule is CCCOc1ccc(CN(CCC)C(=O)CCn2c(=O)oc3ccccc32)cc1OC. The number of hydrogen-bond donors (Lipinski definition) is 0. The van der Waals surface area contributed by atoms with Gasteiger partial charge in [0.05, 0.1) is 19.2 Å². The standard InChI is InChI=1S/C24H30N2O5/c1-4-13-25(17-18-10-11-21(30-15-5-2)22(16-18)29-3)23(27)12-14-26-19-8-6-7-9-20(19)31-24(26)28/h6-11,16H,4-5,12-15,17H2,1-3H3. The second-order valence-electron chi connectivity index (χ2n) is 7.39. The topological polar surface area (TPSA) is 73.9 Å². The predicted molar refractivity (Wildman–Crippen MR) is 120 cm³/mol. The van der Waals surface area contributed by atoms with Gasteiger partial charge in [-0.15, -0.1) is 0 Å². The number of rotatable bonds is 11. The van der Waals surface area contributed by atoms with E-state index in [1.165, 1.54) is 4.57 Å². The zero-order chi connectivity index (χ0) is 22.2. The highest BCUT2D eigenvalue weighted by Crippen LogP contribution is 2.29. The van der Waals surface area contributed by atoms with Gasteiger partial charge in [0.25, 0.3) is 0 Å². The molecule has 0 aliphatic rings. The molecule has 7 heteroatoms. The third kappa shape index (κ3) is 5.48. The molecule has 0 radical (unpaired) electrons. The van der Waals surface area contributed by atoms with E-state index in [0.717, 1.165) is 18.4 Å². The van der Waals surface area contributed by atoms with Gasteiger partial charge < -0.3 is 18.8 Å². The lowest BCUT2D eigenvalue weighted by Crippen LogP contribution is -2.32. The van der Waals surface area contributed by atoms with E-state index in [0.29, 0.717) is 42.3 Å². The summed E-state index contributed by atoms with van der Waals surface area (Å²) in [5, 5.41) is 0. The summed E-state index contributed by atoms with van der Waals surface area (Å²) < 4.78 is 17.9. The fourth-order valence-electron chi connectivity index (χ4n) is 3.52. The molecule has 0 spiro atoms. The molecule has 0 saturated carbocycles. The number of nitrogens with zero attached hydrogens (tertiary/aromatic N) is 2. The first-order valence-corrected chi connectivity index (χ1v) is 10.7. The monoisotopic (exact) mass is 426 g/mol. The van der Waals surface area contributed by atoms with Crippen molar-refractivity contribution in [1.82, 2.24) is 9.47 Å². The van der Waals surface area contributed by atoms with Gasteiger partial charge in [-0.25, -0.2) is 4.79 Å². The van der Waals surface area contributed by atoms with Gasteiger partial charge in [-0.3, -0.25) is 9.36 Å². The van der Waals surface area contributed by atoms with Crippen LogP contribution in [-0.2, 0) is 17.9 Å². The highest BCUT2D eigenvalue weighted by atomic mass is 16.5. The van der Waals surface area contributed by atoms with Crippen molar-refractivity contribution in [1.29, 1.82) is 0 Å². The van der Waals surface area contributed by atoms with Gasteiger partial charge in [0.2, 0.25) is 5.91 Å². The third-order valence-electron chi connectivity index (χ3n) is 5.03. The van der Waals surface area contributed by atoms with Gasteiger partial charge in [0.1, 0.15) is 0 Å². The van der Waals surface area contributed by atoms with Crippen LogP contribution in [0.2, 0.25) is 0 Å². The summed E-state index contributed by atoms with van der Waals surface area (Å²) >= 11 is 0. The van der Waals surface area contributed by atoms with E-state index in [2.05, 4.69) is 6.92 Å². The molecule has 3 aromatic rings. The Morgan fingerprint density at radius 1 is 1.10 bits per heavy atom. The average molecular weight is 427 g/mol. The van der Waals surface area contributed by atoms with E-state index < -0.39 is 5.76 Å². The van der Waals surface area contributed by atoms with Crippen LogP contribution in [0.25, 0.3) is 11.1 Å². The van der Waals surface area contributed by atoms with Crippen LogP contribution in [-0.4, -0.2) is 35.6 Å². The maximum absolute atomic E-state index is 13.0. The first kappa shape index (κ1) is 22.5. The van der Waals surface area contributed by atoms with Crippen molar-refractivity contribution in [3.05, 3.63) is 58.6 Å². The van der Waals surface area contributed by atoms with Crippen molar-refractivity contribution in [3.63, 3.8) is 0 Å². The Bertz CT molecular complexity index is 1070. The highest BCUT2D eigenvalue weighted by molar-refractivity contribution is 5.77. The molecule has 3 rings (SSSR count). The number of aryl methyl sites for hydroxylation is 1. The molecule has 0 bridgehead atoms. The van der Waals surface area contributed by atoms with Crippen molar-refractivity contribution >= 4 is 17.0 Å². The minimum absolute atomic E-state index is 0.00990. The zero-order valence-electron chi connectivity index (χ0n) is 18.4. The Labute approximate surface area is 182 Å². The maximum atomic E-state index is 13.0. The number of fused-ring (bicyclic) bond motifs is 1. The minimum atomic E-state index is -0.441. The Balaban J connectivity index is 1.70. The Morgan fingerprint density at radius 3 is 2.65 bits per heavy atom. The number of carbonyl (C=O) groups excluding carboxylic acids is 1. The highest BCUT2D eigenvalue weighted by Gasteiger charge is 2.17. The Kier molecular flexibility index (Phi) is 7.76. The maximum Gasteiger partial charge on any atom is 0.419 e. The number of carbonyl (C=O) groups is 1. The summed E-state index contributed by atoms with van der Waals surface area (Å²) in [6, 6.07) is 13.0. The largest absolute Gasteiger partial charge is 0.493 e. The molecule has 0 unspecified atom stereocenters. The van der Waals surface area contributed by atoms with Crippen LogP contribution in [0.5, 0.6) is 11.5 Å². The van der Waals surface area contributed by atoms with Crippen molar-refractivity contribution in [2.75, 3.05) is 20.3 Å². The fraction of sp³-hybridized carbons (Fsp3) is 0.417. The molecule has 31 heavy (non-hydrogen) atoms. The van der Waals surface area contributed by atoms with Crippen LogP contribution in [0.1, 0.15) is 38.7 Å². The quantitative estimate of drug-likeness (QED) is 0.459. The minimum Gasteiger partial charge on any atom is -0.493 e. The molecule has 1 aromatic heterocycles. The molecule has 0 aliphatic heterocycles. The van der Waals surface area contributed by atoms with Gasteiger partial charge in [-0.2, -0.15) is 0 Å². The number of hydrogen-bond acceptors (Lipinski definition) is 5. The van der Waals surface area contributed by atoms with Crippen LogP contribution in [0.15, 0.2) is 51.7 Å². The second-order valence-corrected chi connectivity index (χ2v) is 7.39. The number of benzene rings is 2. The number of para-hydroxylation sites is 2. The summed E-state index contributed by atoms with van der Waals surface area (Å²) in [6.45, 7) is 6.10. The molecule has 0 N–H and O–H groups in total. The van der Waals surface area contributed by atoms with Crippen LogP contribution in [0, 0.1) is 0 Å². The van der Waals surface area contributed by atoms with Crippen molar-refractivity contribution in [3.8, 4) is 11.5 Å². The smallest absolute Gasteiger partial charge is 0.419 e. The number of aromatic nitrogens is 1. The number of ether oxygens (including phenoxy) is 2. The van der Waals surface area contributed by atoms with Crippen molar-refractivity contribution in [2.45, 2.75) is 46.2 Å². The zero-order valence-corrected chi connectivity index (χ0v) is 18.4. The fourth-order valence-corrected chi connectivity index (χ4v) is 3.52. The van der Waals surface area contributed by atoms with Crippen molar-refractivity contribution in [2.24, 2.45) is 0 Å². The first-order chi connectivity index (χ1) is 15.1. The molecule has 0 atom stereocenters. The van der Waals surface area contributed by atoms with Gasteiger partial charge in [-0.05, 0) is 42.7 Å². The molecular formula is C24H30N2O5. The van der Waals surface area contributed by atoms with E-state index in [9.17, 15) is 9.59 Å². The number of methoxy groups -OCH3 is 1. The van der Waals surface area contributed by atoms with E-state index >= 15 is 0 Å². The number of amides is 1. The second kappa shape index (κ2) is 10.7. The molecule has 166 valence electrons. The lowest BCUT2D eigenvalue weighted by molar-refractivity contribution is -0.132. The van der Waals surface area contributed by atoms with E-state index in [1.54, 1.807) is 13.2 Å². The molecule has 1 amide bonds. The average Bonchev–Trinajstić information content (AvgIpc) is 3.10. The third-order valence-corrected chi connectivity index (χ3v) is 5.03. The molecule has 0 saturated heterocycles. The first-order valence-electron chi connectivity index (χ1n) is 10.7. The summed E-state index contributed by atoms with van der Waals surface area (Å²) in [7, 11) is 1.61. The van der Waals surface area contributed by atoms with Gasteiger partial charge in [0.15, 0.2) is 17.1 Å². The molecule has 7 nitrogen and oxygen atoms in total. The van der Waals surface area contributed by atoms with E-state index in [4.69, 9.17) is 13.9 Å². The summed E-state index contributed by atoms with van der Waals surface area (Å²) in [5.41, 5.74) is 2.20. The number of oxazole rings is 1. The summed E-state index contributed by atoms with van der Waals surface area (Å²) in [5.74, 6) is 0.909. The van der Waals surface area contributed by atoms with E-state index in [1.807, 2.05) is 48.2 Å². The van der Waals surface area contributed by atoms with Crippen LogP contribution < -0.4 is 15.2 Å². The van der Waals surface area contributed by atoms with E-state index in [-0.39, 0.29) is 18.9 Å². The van der Waals surface area contributed by atoms with Crippen LogP contribution >= 0.6 is 0 Å². The van der Waals surface area contributed by atoms with Gasteiger partial charge in [-0.1, -0.05) is 32.0 Å². The lowest BCUT2D eigenvalue weighted by Gasteiger charge is -2.23. The summed E-state index contributed by atoms with van der Waals surface area (Å²) in [6.07, 6.45) is 1.98. The molecule has 2 aromatic carbocycles. The Morgan fingerprint density at radius 2 is 1.90 bits per heavy atom. The summed E-state index contributed by atoms with van der Waals surface area (Å²) in [4.78, 5) is 26.9. The molecule has 0 aliphatic carbocycles. The van der Waals surface area contributed by atoms with Gasteiger partial charge >= 0.3 is 5.76 Å². The molecular weight excluding hydrogens is 396 g/mol. The van der Waals surface area contributed by atoms with Crippen LogP contribution in [0.3, 0.4) is 0 Å². The normalized spacial score (nSPS) is 10.9. The molecule has 0 fully saturated rings. The van der Waals surface area contributed by atoms with Crippen molar-refractivity contribution < 1.29 is 18.7 Å².